The third-order valence-corrected chi connectivity index (χ3v) is 2.95. The van der Waals surface area contributed by atoms with Gasteiger partial charge in [-0.05, 0) is 37.1 Å². The Balaban J connectivity index is 2.10. The number of carbonyl (C=O) groups excluding carboxylic acids is 1. The molecular weight excluding hydrogens is 272 g/mol. The largest absolute Gasteiger partial charge is 0.519 e. The molecule has 5 heteroatoms. The van der Waals surface area contributed by atoms with Gasteiger partial charge in [0.15, 0.2) is 11.5 Å². The Morgan fingerprint density at radius 2 is 1.71 bits per heavy atom. The van der Waals surface area contributed by atoms with Crippen molar-refractivity contribution in [2.24, 2.45) is 0 Å². The smallest absolute Gasteiger partial charge is 0.504 e. The van der Waals surface area contributed by atoms with Crippen LogP contribution >= 0.6 is 0 Å². The first-order valence-electron chi connectivity index (χ1n) is 6.34. The molecule has 0 amide bonds. The van der Waals surface area contributed by atoms with Gasteiger partial charge in [0, 0.05) is 6.07 Å². The van der Waals surface area contributed by atoms with Gasteiger partial charge < -0.3 is 19.3 Å². The van der Waals surface area contributed by atoms with Gasteiger partial charge in [0.2, 0.25) is 0 Å². The number of para-hydroxylation sites is 1. The van der Waals surface area contributed by atoms with E-state index in [1.165, 1.54) is 25.3 Å². The number of carbonyl (C=O) groups is 1. The number of ether oxygens (including phenoxy) is 3. The first-order chi connectivity index (χ1) is 10.0. The number of hydrogen-bond acceptors (Lipinski definition) is 5. The van der Waals surface area contributed by atoms with Gasteiger partial charge in [-0.3, -0.25) is 0 Å². The summed E-state index contributed by atoms with van der Waals surface area (Å²) in [5.74, 6) is 0.824. The first kappa shape index (κ1) is 14.7. The van der Waals surface area contributed by atoms with E-state index < -0.39 is 6.16 Å². The number of phenols is 1. The van der Waals surface area contributed by atoms with E-state index in [4.69, 9.17) is 14.2 Å². The average Bonchev–Trinajstić information content (AvgIpc) is 2.43. The molecule has 2 rings (SSSR count). The van der Waals surface area contributed by atoms with Crippen LogP contribution in [0, 0.1) is 13.8 Å². The highest BCUT2D eigenvalue weighted by Crippen LogP contribution is 2.30. The Labute approximate surface area is 122 Å². The van der Waals surface area contributed by atoms with Crippen LogP contribution in [0.15, 0.2) is 36.4 Å². The lowest BCUT2D eigenvalue weighted by molar-refractivity contribution is 0.151. The predicted octanol–water partition coefficient (Wildman–Crippen LogP) is 3.60. The Hall–Kier alpha value is -2.69. The van der Waals surface area contributed by atoms with Gasteiger partial charge in [0.25, 0.3) is 0 Å². The Morgan fingerprint density at radius 1 is 1.05 bits per heavy atom. The number of benzene rings is 2. The van der Waals surface area contributed by atoms with Gasteiger partial charge in [0.1, 0.15) is 11.5 Å². The normalized spacial score (nSPS) is 10.0. The summed E-state index contributed by atoms with van der Waals surface area (Å²) in [4.78, 5) is 11.8. The van der Waals surface area contributed by atoms with Crippen LogP contribution in [0.4, 0.5) is 4.79 Å². The number of aromatic hydroxyl groups is 1. The topological polar surface area (TPSA) is 65.0 Å². The summed E-state index contributed by atoms with van der Waals surface area (Å²) in [5, 5.41) is 9.63. The molecule has 21 heavy (non-hydrogen) atoms. The number of aryl methyl sites for hydroxylation is 2. The molecule has 0 bridgehead atoms. The summed E-state index contributed by atoms with van der Waals surface area (Å²) >= 11 is 0. The van der Waals surface area contributed by atoms with Crippen molar-refractivity contribution >= 4 is 6.16 Å². The SMILES string of the molecule is COc1ccc(OC(=O)Oc2c(C)cccc2C)cc1O. The molecule has 1 N–H and O–H groups in total. The standard InChI is InChI=1S/C16H16O5/c1-10-5-4-6-11(2)15(10)21-16(18)20-12-7-8-14(19-3)13(17)9-12/h4-9,17H,1-3H3. The van der Waals surface area contributed by atoms with Crippen molar-refractivity contribution < 1.29 is 24.1 Å². The van der Waals surface area contributed by atoms with Gasteiger partial charge >= 0.3 is 6.16 Å². The zero-order valence-corrected chi connectivity index (χ0v) is 12.0. The van der Waals surface area contributed by atoms with Gasteiger partial charge in [-0.15, -0.1) is 0 Å². The molecule has 5 nitrogen and oxygen atoms in total. The van der Waals surface area contributed by atoms with E-state index in [1.807, 2.05) is 32.0 Å². The number of phenolic OH excluding ortho intramolecular Hbond substituents is 1. The minimum absolute atomic E-state index is 0.116. The number of hydrogen-bond donors (Lipinski definition) is 1. The van der Waals surface area contributed by atoms with Crippen molar-refractivity contribution in [1.82, 2.24) is 0 Å². The molecule has 0 atom stereocenters. The summed E-state index contributed by atoms with van der Waals surface area (Å²) in [5.41, 5.74) is 1.68. The van der Waals surface area contributed by atoms with E-state index in [0.717, 1.165) is 11.1 Å². The summed E-state index contributed by atoms with van der Waals surface area (Å²) in [7, 11) is 1.44. The lowest BCUT2D eigenvalue weighted by Gasteiger charge is -2.11. The maximum atomic E-state index is 11.8. The van der Waals surface area contributed by atoms with Gasteiger partial charge in [-0.2, -0.15) is 0 Å². The molecule has 0 aromatic heterocycles. The molecule has 0 spiro atoms. The molecule has 0 radical (unpaired) electrons. The molecule has 110 valence electrons. The fourth-order valence-corrected chi connectivity index (χ4v) is 1.89. The molecule has 0 aliphatic heterocycles. The van der Waals surface area contributed by atoms with Crippen LogP contribution < -0.4 is 14.2 Å². The molecule has 0 saturated heterocycles. The second-order valence-electron chi connectivity index (χ2n) is 4.51. The molecule has 2 aromatic carbocycles. The molecular formula is C16H16O5. The maximum absolute atomic E-state index is 11.8. The van der Waals surface area contributed by atoms with Crippen LogP contribution in [-0.2, 0) is 0 Å². The third-order valence-electron chi connectivity index (χ3n) is 2.95. The van der Waals surface area contributed by atoms with Gasteiger partial charge in [0.05, 0.1) is 7.11 Å². The van der Waals surface area contributed by atoms with E-state index in [2.05, 4.69) is 0 Å². The van der Waals surface area contributed by atoms with Crippen molar-refractivity contribution in [3.8, 4) is 23.0 Å². The molecule has 0 unspecified atom stereocenters. The van der Waals surface area contributed by atoms with Crippen LogP contribution in [0.25, 0.3) is 0 Å². The highest BCUT2D eigenvalue weighted by molar-refractivity contribution is 5.68. The fourth-order valence-electron chi connectivity index (χ4n) is 1.89. The summed E-state index contributed by atoms with van der Waals surface area (Å²) in [6.45, 7) is 3.68. The number of methoxy groups -OCH3 is 1. The Bertz CT molecular complexity index is 643. The summed E-state index contributed by atoms with van der Waals surface area (Å²) in [6, 6.07) is 9.85. The summed E-state index contributed by atoms with van der Waals surface area (Å²) < 4.78 is 15.1. The monoisotopic (exact) mass is 288 g/mol. The first-order valence-corrected chi connectivity index (χ1v) is 6.34. The Morgan fingerprint density at radius 3 is 2.29 bits per heavy atom. The van der Waals surface area contributed by atoms with Crippen LogP contribution in [0.1, 0.15) is 11.1 Å². The van der Waals surface area contributed by atoms with Crippen molar-refractivity contribution in [2.75, 3.05) is 7.11 Å². The van der Waals surface area contributed by atoms with E-state index in [0.29, 0.717) is 11.5 Å². The maximum Gasteiger partial charge on any atom is 0.519 e. The van der Waals surface area contributed by atoms with Crippen molar-refractivity contribution in [3.05, 3.63) is 47.5 Å². The molecule has 0 heterocycles. The summed E-state index contributed by atoms with van der Waals surface area (Å²) in [6.07, 6.45) is -0.864. The van der Waals surface area contributed by atoms with Crippen molar-refractivity contribution in [3.63, 3.8) is 0 Å². The third kappa shape index (κ3) is 3.45. The van der Waals surface area contributed by atoms with Crippen LogP contribution in [0.5, 0.6) is 23.0 Å². The highest BCUT2D eigenvalue weighted by atomic mass is 16.7. The second-order valence-corrected chi connectivity index (χ2v) is 4.51. The number of rotatable bonds is 3. The minimum atomic E-state index is -0.864. The fraction of sp³-hybridized carbons (Fsp3) is 0.188. The van der Waals surface area contributed by atoms with Crippen LogP contribution in [-0.4, -0.2) is 18.4 Å². The van der Waals surface area contributed by atoms with E-state index in [1.54, 1.807) is 0 Å². The average molecular weight is 288 g/mol. The van der Waals surface area contributed by atoms with Gasteiger partial charge in [-0.1, -0.05) is 18.2 Å². The Kier molecular flexibility index (Phi) is 4.33. The zero-order valence-electron chi connectivity index (χ0n) is 12.0. The minimum Gasteiger partial charge on any atom is -0.504 e. The molecule has 0 aliphatic carbocycles. The van der Waals surface area contributed by atoms with E-state index in [-0.39, 0.29) is 11.5 Å². The highest BCUT2D eigenvalue weighted by Gasteiger charge is 2.13. The molecule has 2 aromatic rings. The second kappa shape index (κ2) is 6.17. The van der Waals surface area contributed by atoms with Crippen LogP contribution in [0.2, 0.25) is 0 Å². The molecule has 0 aliphatic rings. The predicted molar refractivity (Wildman–Crippen MR) is 77.2 cm³/mol. The quantitative estimate of drug-likeness (QED) is 0.690. The lowest BCUT2D eigenvalue weighted by atomic mass is 10.1. The van der Waals surface area contributed by atoms with Crippen molar-refractivity contribution in [1.29, 1.82) is 0 Å². The lowest BCUT2D eigenvalue weighted by Crippen LogP contribution is -2.15. The van der Waals surface area contributed by atoms with Crippen molar-refractivity contribution in [2.45, 2.75) is 13.8 Å². The zero-order chi connectivity index (χ0) is 15.4. The molecule has 0 fully saturated rings. The molecule has 0 saturated carbocycles. The van der Waals surface area contributed by atoms with E-state index in [9.17, 15) is 9.90 Å². The van der Waals surface area contributed by atoms with Gasteiger partial charge in [-0.25, -0.2) is 4.79 Å². The van der Waals surface area contributed by atoms with Crippen LogP contribution in [0.3, 0.4) is 0 Å². The van der Waals surface area contributed by atoms with E-state index >= 15 is 0 Å².